The Morgan fingerprint density at radius 1 is 0.716 bits per heavy atom. The number of esters is 3. The summed E-state index contributed by atoms with van der Waals surface area (Å²) in [6.07, 6.45) is 40.8. The van der Waals surface area contributed by atoms with Crippen molar-refractivity contribution in [3.63, 3.8) is 0 Å². The van der Waals surface area contributed by atoms with Crippen molar-refractivity contribution < 1.29 is 43.6 Å². The first-order valence-corrected chi connectivity index (χ1v) is 26.8. The molecule has 376 valence electrons. The quantitative estimate of drug-likeness (QED) is 0.0169. The lowest BCUT2D eigenvalue weighted by molar-refractivity contribution is -0.202. The van der Waals surface area contributed by atoms with Crippen LogP contribution in [0.2, 0.25) is 0 Å². The van der Waals surface area contributed by atoms with Gasteiger partial charge in [-0.3, -0.25) is 9.59 Å². The average Bonchev–Trinajstić information content (AvgIpc) is 3.70. The highest BCUT2D eigenvalue weighted by Crippen LogP contribution is 2.75. The number of unbranched alkanes of at least 4 members (excludes halogenated alkanes) is 20. The van der Waals surface area contributed by atoms with Gasteiger partial charge < -0.3 is 24.4 Å². The van der Waals surface area contributed by atoms with E-state index in [2.05, 4.69) is 26.8 Å². The number of hydrogen-bond donors (Lipinski definition) is 2. The summed E-state index contributed by atoms with van der Waals surface area (Å²) in [4.78, 5) is 55.8. The third-order valence-electron chi connectivity index (χ3n) is 15.6. The van der Waals surface area contributed by atoms with Crippen LogP contribution >= 0.6 is 0 Å². The molecule has 4 aliphatic carbocycles. The minimum atomic E-state index is -2.36. The first-order valence-electron chi connectivity index (χ1n) is 26.8. The standard InChI is InChI=1S/C58H90O9/c1-8-11-14-17-20-22-23-24-25-27-29-31-34-37-48(59)65-43-46-40-47-51-55(6,7)57(51,67-50(61)39-36-33-30-26-21-18-15-12-9-2)42-45(5)56(53(47)63)41-44(4)54(58(56,64)52(46)62)66-49(60)38-35-32-28-19-16-13-10-3/h28,30,32-33,35-36,38-41,45,47,51-52,54,62,64H,8-27,29,31,34,37,42-43H2,1-7H3/b32-28-,33-30+,38-35+,39-36+/t45-,47+,51-,52-,54+,56?,57+,58+/m1/s1. The number of carbonyl (C=O) groups excluding carboxylic acids is 4. The lowest BCUT2D eigenvalue weighted by atomic mass is 9.59. The zero-order valence-electron chi connectivity index (χ0n) is 42.8. The molecule has 2 fully saturated rings. The molecule has 1 unspecified atom stereocenters. The van der Waals surface area contributed by atoms with Crippen LogP contribution in [0, 0.1) is 28.6 Å². The largest absolute Gasteiger partial charge is 0.461 e. The second-order valence-electron chi connectivity index (χ2n) is 21.0. The Kier molecular flexibility index (Phi) is 23.1. The average molecular weight is 931 g/mol. The Morgan fingerprint density at radius 3 is 1.78 bits per heavy atom. The summed E-state index contributed by atoms with van der Waals surface area (Å²) in [5, 5.41) is 25.8. The first kappa shape index (κ1) is 56.0. The second kappa shape index (κ2) is 27.6. The lowest BCUT2D eigenvalue weighted by Gasteiger charge is -2.49. The van der Waals surface area contributed by atoms with E-state index in [9.17, 15) is 24.6 Å². The fourth-order valence-corrected chi connectivity index (χ4v) is 11.8. The summed E-state index contributed by atoms with van der Waals surface area (Å²) in [6, 6.07) is 0. The van der Waals surface area contributed by atoms with Gasteiger partial charge in [-0.25, -0.2) is 9.59 Å². The molecule has 4 rings (SSSR count). The van der Waals surface area contributed by atoms with E-state index in [-0.39, 0.29) is 30.8 Å². The van der Waals surface area contributed by atoms with Gasteiger partial charge in [0.15, 0.2) is 17.5 Å². The monoisotopic (exact) mass is 931 g/mol. The second-order valence-corrected chi connectivity index (χ2v) is 21.0. The molecule has 0 amide bonds. The van der Waals surface area contributed by atoms with Crippen molar-refractivity contribution in [2.75, 3.05) is 6.61 Å². The fraction of sp³-hybridized carbons (Fsp3) is 0.724. The number of fused-ring (bicyclic) bond motifs is 3. The highest BCUT2D eigenvalue weighted by atomic mass is 16.6. The summed E-state index contributed by atoms with van der Waals surface area (Å²) in [7, 11) is 0. The van der Waals surface area contributed by atoms with Gasteiger partial charge in [0.05, 0.1) is 5.41 Å². The van der Waals surface area contributed by atoms with E-state index in [1.807, 2.05) is 32.9 Å². The number of aliphatic hydroxyl groups is 2. The zero-order chi connectivity index (χ0) is 48.9. The number of hydrogen-bond acceptors (Lipinski definition) is 9. The molecule has 0 aromatic heterocycles. The molecule has 0 saturated heterocycles. The molecule has 0 aromatic carbocycles. The smallest absolute Gasteiger partial charge is 0.331 e. The number of rotatable bonds is 32. The van der Waals surface area contributed by atoms with E-state index < -0.39 is 69.9 Å². The number of carbonyl (C=O) groups is 4. The van der Waals surface area contributed by atoms with Crippen LogP contribution in [-0.4, -0.2) is 63.9 Å². The topological polar surface area (TPSA) is 136 Å². The molecule has 0 radical (unpaired) electrons. The summed E-state index contributed by atoms with van der Waals surface area (Å²) in [6.45, 7) is 13.8. The third-order valence-corrected chi connectivity index (χ3v) is 15.6. The predicted molar refractivity (Wildman–Crippen MR) is 269 cm³/mol. The van der Waals surface area contributed by atoms with Gasteiger partial charge in [0.1, 0.15) is 18.3 Å². The molecule has 9 nitrogen and oxygen atoms in total. The molecule has 1 spiro atoms. The molecule has 0 aromatic rings. The van der Waals surface area contributed by atoms with E-state index in [4.69, 9.17) is 14.2 Å². The van der Waals surface area contributed by atoms with E-state index in [1.54, 1.807) is 37.3 Å². The van der Waals surface area contributed by atoms with Crippen LogP contribution in [0.3, 0.4) is 0 Å². The van der Waals surface area contributed by atoms with Gasteiger partial charge in [0, 0.05) is 35.8 Å². The normalized spacial score (nSPS) is 28.6. The van der Waals surface area contributed by atoms with Crippen molar-refractivity contribution in [2.24, 2.45) is 28.6 Å². The molecule has 2 saturated carbocycles. The van der Waals surface area contributed by atoms with Gasteiger partial charge in [-0.1, -0.05) is 206 Å². The Morgan fingerprint density at radius 2 is 1.21 bits per heavy atom. The molecule has 4 aliphatic rings. The van der Waals surface area contributed by atoms with Crippen LogP contribution in [-0.2, 0) is 33.4 Å². The van der Waals surface area contributed by atoms with Crippen LogP contribution < -0.4 is 0 Å². The van der Waals surface area contributed by atoms with Crippen LogP contribution in [0.5, 0.6) is 0 Å². The summed E-state index contributed by atoms with van der Waals surface area (Å²) in [5.41, 5.74) is -5.24. The molecule has 9 heteroatoms. The van der Waals surface area contributed by atoms with Gasteiger partial charge in [-0.15, -0.1) is 0 Å². The maximum absolute atomic E-state index is 15.5. The summed E-state index contributed by atoms with van der Waals surface area (Å²) >= 11 is 0. The maximum Gasteiger partial charge on any atom is 0.331 e. The Hall–Kier alpha value is -3.56. The Labute approximate surface area is 405 Å². The molecule has 2 bridgehead atoms. The van der Waals surface area contributed by atoms with Gasteiger partial charge in [0.25, 0.3) is 0 Å². The highest BCUT2D eigenvalue weighted by Gasteiger charge is 2.83. The minimum Gasteiger partial charge on any atom is -0.461 e. The molecular weight excluding hydrogens is 841 g/mol. The van der Waals surface area contributed by atoms with Crippen molar-refractivity contribution in [3.8, 4) is 0 Å². The van der Waals surface area contributed by atoms with Gasteiger partial charge in [-0.2, -0.15) is 0 Å². The van der Waals surface area contributed by atoms with Crippen molar-refractivity contribution >= 4 is 23.7 Å². The Balaban J connectivity index is 1.52. The number of ether oxygens (including phenoxy) is 3. The number of ketones is 1. The van der Waals surface area contributed by atoms with Crippen LogP contribution in [0.4, 0.5) is 0 Å². The minimum absolute atomic E-state index is 0.160. The summed E-state index contributed by atoms with van der Waals surface area (Å²) < 4.78 is 18.3. The van der Waals surface area contributed by atoms with E-state index in [0.717, 1.165) is 57.8 Å². The SMILES string of the molecule is CCCCC/C=C\C=C\C(=O)O[C@H]1C(C)=CC23C(=O)[C@@H](C=C(COC(=O)CCCCCCCCCCCCCCC)[C@@H](O)[C@]12O)[C@@H]1C(C)(C)[C@]1(OC(=O)/C=C/C=C/CCCCCCC)C[C@H]3C. The predicted octanol–water partition coefficient (Wildman–Crippen LogP) is 13.2. The van der Waals surface area contributed by atoms with Gasteiger partial charge >= 0.3 is 17.9 Å². The maximum atomic E-state index is 15.5. The number of allylic oxidation sites excluding steroid dienone is 7. The van der Waals surface area contributed by atoms with Crippen molar-refractivity contribution in [3.05, 3.63) is 71.9 Å². The Bertz CT molecular complexity index is 1780. The van der Waals surface area contributed by atoms with E-state index in [1.165, 1.54) is 95.6 Å². The third kappa shape index (κ3) is 14.0. The van der Waals surface area contributed by atoms with Crippen molar-refractivity contribution in [1.29, 1.82) is 0 Å². The number of aliphatic hydroxyl groups excluding tert-OH is 1. The van der Waals surface area contributed by atoms with E-state index in [0.29, 0.717) is 12.0 Å². The molecule has 2 N–H and O–H groups in total. The van der Waals surface area contributed by atoms with Crippen molar-refractivity contribution in [2.45, 2.75) is 232 Å². The lowest BCUT2D eigenvalue weighted by Crippen LogP contribution is -2.66. The molecular formula is C58H90O9. The summed E-state index contributed by atoms with van der Waals surface area (Å²) in [5.74, 6) is -4.12. The first-order chi connectivity index (χ1) is 32.2. The molecule has 67 heavy (non-hydrogen) atoms. The van der Waals surface area contributed by atoms with Crippen LogP contribution in [0.15, 0.2) is 71.9 Å². The number of Topliss-reactive ketones (excluding diaryl/α,β-unsaturated/α-hetero) is 1. The van der Waals surface area contributed by atoms with Gasteiger partial charge in [0.2, 0.25) is 0 Å². The van der Waals surface area contributed by atoms with Crippen LogP contribution in [0.1, 0.15) is 209 Å². The van der Waals surface area contributed by atoms with Crippen molar-refractivity contribution in [1.82, 2.24) is 0 Å². The molecule has 0 heterocycles. The molecule has 0 aliphatic heterocycles. The molecule has 8 atom stereocenters. The van der Waals surface area contributed by atoms with E-state index >= 15 is 4.79 Å². The highest BCUT2D eigenvalue weighted by molar-refractivity contribution is 5.96. The fourth-order valence-electron chi connectivity index (χ4n) is 11.8. The van der Waals surface area contributed by atoms with Crippen LogP contribution in [0.25, 0.3) is 0 Å². The zero-order valence-corrected chi connectivity index (χ0v) is 42.8. The van der Waals surface area contributed by atoms with Gasteiger partial charge in [-0.05, 0) is 62.5 Å².